The molecule has 1 saturated heterocycles. The van der Waals surface area contributed by atoms with Gasteiger partial charge in [0.15, 0.2) is 0 Å². The van der Waals surface area contributed by atoms with E-state index in [1.807, 2.05) is 30.3 Å². The molecule has 1 aromatic carbocycles. The Morgan fingerprint density at radius 1 is 1.14 bits per heavy atom. The van der Waals surface area contributed by atoms with Gasteiger partial charge in [0, 0.05) is 37.9 Å². The summed E-state index contributed by atoms with van der Waals surface area (Å²) in [6.45, 7) is 0.425. The number of carbonyl (C=O) groups excluding carboxylic acids is 2. The number of carbonyl (C=O) groups is 2. The van der Waals surface area contributed by atoms with Crippen LogP contribution in [0.1, 0.15) is 6.42 Å². The number of pyridine rings is 1. The third kappa shape index (κ3) is 3.66. The lowest BCUT2D eigenvalue weighted by atomic mass is 10.1. The summed E-state index contributed by atoms with van der Waals surface area (Å²) in [7, 11) is 0. The van der Waals surface area contributed by atoms with Crippen LogP contribution in [0.5, 0.6) is 0 Å². The number of hydrogen-bond acceptors (Lipinski definition) is 5. The average molecular weight is 393 g/mol. The van der Waals surface area contributed by atoms with Crippen molar-refractivity contribution in [2.45, 2.75) is 13.0 Å². The van der Waals surface area contributed by atoms with Gasteiger partial charge < -0.3 is 10.2 Å². The number of H-pyrrole nitrogens is 1. The van der Waals surface area contributed by atoms with E-state index in [1.165, 1.54) is 6.20 Å². The number of aromatic amines is 1. The maximum Gasteiger partial charge on any atom is 0.330 e. The van der Waals surface area contributed by atoms with E-state index >= 15 is 0 Å². The molecule has 0 unspecified atom stereocenters. The molecule has 29 heavy (non-hydrogen) atoms. The first-order valence-corrected chi connectivity index (χ1v) is 9.25. The van der Waals surface area contributed by atoms with Gasteiger partial charge in [-0.1, -0.05) is 18.2 Å². The van der Waals surface area contributed by atoms with Crippen LogP contribution in [0.3, 0.4) is 0 Å². The Hall–Kier alpha value is -3.75. The molecule has 0 bridgehead atoms. The van der Waals surface area contributed by atoms with Crippen LogP contribution in [0.25, 0.3) is 11.0 Å². The zero-order valence-electron chi connectivity index (χ0n) is 15.5. The molecular formula is C20H19N5O4. The van der Waals surface area contributed by atoms with Crippen molar-refractivity contribution >= 4 is 28.5 Å². The fourth-order valence-corrected chi connectivity index (χ4v) is 3.46. The van der Waals surface area contributed by atoms with Crippen LogP contribution in [0.15, 0.2) is 58.3 Å². The van der Waals surface area contributed by atoms with Crippen LogP contribution in [0, 0.1) is 5.92 Å². The normalized spacial score (nSPS) is 16.3. The molecule has 3 heterocycles. The van der Waals surface area contributed by atoms with Gasteiger partial charge in [-0.05, 0) is 24.3 Å². The van der Waals surface area contributed by atoms with E-state index in [9.17, 15) is 19.2 Å². The minimum Gasteiger partial charge on any atom is -0.354 e. The zero-order chi connectivity index (χ0) is 20.4. The maximum atomic E-state index is 12.5. The highest BCUT2D eigenvalue weighted by atomic mass is 16.2. The SMILES string of the molecule is O=C(NCCn1c(=O)[nH]c2ncccc2c1=O)[C@@H]1CC(=O)N(c2ccccc2)C1. The Kier molecular flexibility index (Phi) is 4.94. The maximum absolute atomic E-state index is 12.5. The van der Waals surface area contributed by atoms with Crippen LogP contribution >= 0.6 is 0 Å². The van der Waals surface area contributed by atoms with Gasteiger partial charge in [-0.25, -0.2) is 9.78 Å². The molecule has 4 rings (SSSR count). The Bertz CT molecular complexity index is 1180. The summed E-state index contributed by atoms with van der Waals surface area (Å²) in [5.74, 6) is -0.853. The van der Waals surface area contributed by atoms with E-state index in [-0.39, 0.29) is 37.0 Å². The first-order chi connectivity index (χ1) is 14.0. The number of anilines is 1. The first-order valence-electron chi connectivity index (χ1n) is 9.25. The van der Waals surface area contributed by atoms with Crippen molar-refractivity contribution < 1.29 is 9.59 Å². The lowest BCUT2D eigenvalue weighted by Crippen LogP contribution is -2.40. The number of amides is 2. The van der Waals surface area contributed by atoms with Crippen molar-refractivity contribution in [3.63, 3.8) is 0 Å². The number of nitrogens with one attached hydrogen (secondary N) is 2. The van der Waals surface area contributed by atoms with E-state index < -0.39 is 17.2 Å². The average Bonchev–Trinajstić information content (AvgIpc) is 3.13. The van der Waals surface area contributed by atoms with E-state index in [0.717, 1.165) is 10.3 Å². The van der Waals surface area contributed by atoms with E-state index in [1.54, 1.807) is 17.0 Å². The van der Waals surface area contributed by atoms with Gasteiger partial charge in [0.05, 0.1) is 11.3 Å². The van der Waals surface area contributed by atoms with Gasteiger partial charge in [0.1, 0.15) is 5.65 Å². The summed E-state index contributed by atoms with van der Waals surface area (Å²) in [6, 6.07) is 12.4. The highest BCUT2D eigenvalue weighted by Gasteiger charge is 2.34. The number of nitrogens with zero attached hydrogens (tertiary/aromatic N) is 3. The molecule has 0 saturated carbocycles. The summed E-state index contributed by atoms with van der Waals surface area (Å²) in [4.78, 5) is 57.4. The van der Waals surface area contributed by atoms with Crippen LogP contribution in [0.2, 0.25) is 0 Å². The molecule has 1 aliphatic rings. The van der Waals surface area contributed by atoms with Gasteiger partial charge in [-0.15, -0.1) is 0 Å². The Morgan fingerprint density at radius 2 is 1.93 bits per heavy atom. The van der Waals surface area contributed by atoms with Crippen LogP contribution < -0.4 is 21.5 Å². The predicted molar refractivity (Wildman–Crippen MR) is 107 cm³/mol. The second-order valence-electron chi connectivity index (χ2n) is 6.82. The highest BCUT2D eigenvalue weighted by molar-refractivity contribution is 6.00. The Morgan fingerprint density at radius 3 is 2.72 bits per heavy atom. The monoisotopic (exact) mass is 393 g/mol. The smallest absolute Gasteiger partial charge is 0.330 e. The highest BCUT2D eigenvalue weighted by Crippen LogP contribution is 2.24. The van der Waals surface area contributed by atoms with Crippen molar-refractivity contribution in [3.05, 3.63) is 69.5 Å². The minimum absolute atomic E-state index is 0.0216. The molecule has 0 aliphatic carbocycles. The quantitative estimate of drug-likeness (QED) is 0.645. The third-order valence-electron chi connectivity index (χ3n) is 4.95. The molecular weight excluding hydrogens is 374 g/mol. The summed E-state index contributed by atoms with van der Waals surface area (Å²) >= 11 is 0. The lowest BCUT2D eigenvalue weighted by Gasteiger charge is -2.16. The number of para-hydroxylation sites is 1. The van der Waals surface area contributed by atoms with E-state index in [0.29, 0.717) is 11.9 Å². The standard InChI is InChI=1S/C20H19N5O4/c26-16-11-13(12-25(16)14-5-2-1-3-6-14)18(27)22-9-10-24-19(28)15-7-4-8-21-17(15)23-20(24)29/h1-8,13H,9-12H2,(H,22,27)(H,21,23,29)/t13-/m1/s1. The molecule has 1 aliphatic heterocycles. The largest absolute Gasteiger partial charge is 0.354 e. The molecule has 9 nitrogen and oxygen atoms in total. The number of aromatic nitrogens is 3. The van der Waals surface area contributed by atoms with Gasteiger partial charge in [-0.3, -0.25) is 23.9 Å². The minimum atomic E-state index is -0.582. The fraction of sp³-hybridized carbons (Fsp3) is 0.250. The van der Waals surface area contributed by atoms with Crippen LogP contribution in [0.4, 0.5) is 5.69 Å². The van der Waals surface area contributed by atoms with Crippen molar-refractivity contribution in [2.24, 2.45) is 5.92 Å². The van der Waals surface area contributed by atoms with Crippen molar-refractivity contribution in [1.82, 2.24) is 19.9 Å². The summed E-state index contributed by atoms with van der Waals surface area (Å²) in [6.07, 6.45) is 1.62. The summed E-state index contributed by atoms with van der Waals surface area (Å²) < 4.78 is 1.03. The fourth-order valence-electron chi connectivity index (χ4n) is 3.46. The van der Waals surface area contributed by atoms with Crippen molar-refractivity contribution in [1.29, 1.82) is 0 Å². The number of benzene rings is 1. The Labute approximate surface area is 165 Å². The summed E-state index contributed by atoms with van der Waals surface area (Å²) in [5.41, 5.74) is -0.0527. The second-order valence-corrected chi connectivity index (χ2v) is 6.82. The zero-order valence-corrected chi connectivity index (χ0v) is 15.5. The second kappa shape index (κ2) is 7.70. The molecule has 1 fully saturated rings. The predicted octanol–water partition coefficient (Wildman–Crippen LogP) is 0.254. The molecule has 2 N–H and O–H groups in total. The number of rotatable bonds is 5. The van der Waals surface area contributed by atoms with Gasteiger partial charge >= 0.3 is 5.69 Å². The molecule has 1 atom stereocenters. The van der Waals surface area contributed by atoms with E-state index in [4.69, 9.17) is 0 Å². The molecule has 2 aromatic heterocycles. The topological polar surface area (TPSA) is 117 Å². The van der Waals surface area contributed by atoms with Crippen LogP contribution in [-0.4, -0.2) is 39.4 Å². The van der Waals surface area contributed by atoms with Crippen LogP contribution in [-0.2, 0) is 16.1 Å². The lowest BCUT2D eigenvalue weighted by molar-refractivity contribution is -0.126. The number of hydrogen-bond donors (Lipinski definition) is 2. The molecule has 3 aromatic rings. The number of fused-ring (bicyclic) bond motifs is 1. The van der Waals surface area contributed by atoms with Crippen molar-refractivity contribution in [3.8, 4) is 0 Å². The van der Waals surface area contributed by atoms with Crippen molar-refractivity contribution in [2.75, 3.05) is 18.0 Å². The molecule has 9 heteroatoms. The molecule has 0 radical (unpaired) electrons. The van der Waals surface area contributed by atoms with Gasteiger partial charge in [-0.2, -0.15) is 0 Å². The van der Waals surface area contributed by atoms with E-state index in [2.05, 4.69) is 15.3 Å². The third-order valence-corrected chi connectivity index (χ3v) is 4.95. The molecule has 0 spiro atoms. The molecule has 2 amide bonds. The summed E-state index contributed by atoms with van der Waals surface area (Å²) in [5, 5.41) is 3.03. The van der Waals surface area contributed by atoms with Gasteiger partial charge in [0.2, 0.25) is 11.8 Å². The first kappa shape index (κ1) is 18.6. The molecule has 148 valence electrons. The Balaban J connectivity index is 1.40. The van der Waals surface area contributed by atoms with Gasteiger partial charge in [0.25, 0.3) is 5.56 Å².